The molecule has 6 heteroatoms. The summed E-state index contributed by atoms with van der Waals surface area (Å²) in [6.07, 6.45) is 1.24. The lowest BCUT2D eigenvalue weighted by Gasteiger charge is -2.25. The van der Waals surface area contributed by atoms with Gasteiger partial charge in [0.25, 0.3) is 11.5 Å². The summed E-state index contributed by atoms with van der Waals surface area (Å²) in [5, 5.41) is 2.99. The number of benzene rings is 1. The number of hydrogen-bond donors (Lipinski definition) is 1. The van der Waals surface area contributed by atoms with E-state index in [-0.39, 0.29) is 18.0 Å². The second kappa shape index (κ2) is 7.89. The molecule has 1 atom stereocenters. The van der Waals surface area contributed by atoms with Gasteiger partial charge in [0.1, 0.15) is 6.10 Å². The predicted molar refractivity (Wildman–Crippen MR) is 112 cm³/mol. The average molecular weight is 397 g/mol. The number of H-pyrrole nitrogens is 1. The number of fused-ring (bicyclic) bond motifs is 1. The summed E-state index contributed by atoms with van der Waals surface area (Å²) in [7, 11) is 0. The number of aromatic nitrogens is 1. The summed E-state index contributed by atoms with van der Waals surface area (Å²) in [4.78, 5) is 31.6. The Morgan fingerprint density at radius 2 is 2.14 bits per heavy atom. The Morgan fingerprint density at radius 3 is 2.86 bits per heavy atom. The number of pyridine rings is 1. The van der Waals surface area contributed by atoms with Crippen LogP contribution in [0, 0.1) is 13.8 Å². The largest absolute Gasteiger partial charge is 0.368 e. The van der Waals surface area contributed by atoms with Crippen molar-refractivity contribution in [1.29, 1.82) is 0 Å². The Kier molecular flexibility index (Phi) is 5.33. The minimum Gasteiger partial charge on any atom is -0.368 e. The van der Waals surface area contributed by atoms with Crippen LogP contribution >= 0.6 is 11.3 Å². The van der Waals surface area contributed by atoms with Crippen molar-refractivity contribution >= 4 is 28.1 Å². The van der Waals surface area contributed by atoms with Crippen molar-refractivity contribution in [1.82, 2.24) is 9.88 Å². The molecule has 4 rings (SSSR count). The number of aromatic amines is 1. The molecule has 1 aliphatic heterocycles. The highest BCUT2D eigenvalue weighted by molar-refractivity contribution is 7.09. The molecule has 146 valence electrons. The van der Waals surface area contributed by atoms with Crippen molar-refractivity contribution < 1.29 is 9.53 Å². The van der Waals surface area contributed by atoms with Gasteiger partial charge in [-0.2, -0.15) is 0 Å². The molecule has 3 heterocycles. The zero-order valence-electron chi connectivity index (χ0n) is 16.2. The monoisotopic (exact) mass is 396 g/mol. The van der Waals surface area contributed by atoms with E-state index in [0.29, 0.717) is 18.7 Å². The van der Waals surface area contributed by atoms with Gasteiger partial charge in [-0.15, -0.1) is 11.3 Å². The third-order valence-electron chi connectivity index (χ3n) is 5.18. The first-order valence-corrected chi connectivity index (χ1v) is 10.4. The number of aryl methyl sites for hydroxylation is 2. The van der Waals surface area contributed by atoms with Gasteiger partial charge in [-0.05, 0) is 61.2 Å². The molecule has 1 fully saturated rings. The molecule has 1 aromatic carbocycles. The van der Waals surface area contributed by atoms with E-state index in [0.717, 1.165) is 39.7 Å². The van der Waals surface area contributed by atoms with Crippen LogP contribution < -0.4 is 5.56 Å². The third-order valence-corrected chi connectivity index (χ3v) is 6.04. The Morgan fingerprint density at radius 1 is 1.29 bits per heavy atom. The smallest absolute Gasteiger partial charge is 0.253 e. The molecule has 3 aromatic rings. The fourth-order valence-corrected chi connectivity index (χ4v) is 4.55. The summed E-state index contributed by atoms with van der Waals surface area (Å²) < 4.78 is 5.61. The number of nitrogens with zero attached hydrogens (tertiary/aromatic N) is 1. The van der Waals surface area contributed by atoms with Gasteiger partial charge in [0.2, 0.25) is 0 Å². The quantitative estimate of drug-likeness (QED) is 0.711. The molecule has 0 bridgehead atoms. The lowest BCUT2D eigenvalue weighted by atomic mass is 10.0. The summed E-state index contributed by atoms with van der Waals surface area (Å²) >= 11 is 1.61. The van der Waals surface area contributed by atoms with E-state index in [1.165, 1.54) is 0 Å². The summed E-state index contributed by atoms with van der Waals surface area (Å²) in [5.74, 6) is -0.0363. The van der Waals surface area contributed by atoms with E-state index in [2.05, 4.69) is 17.1 Å². The topological polar surface area (TPSA) is 62.4 Å². The SMILES string of the molecule is Cc1cc(C)c2[nH]c(=O)c(CN(Cc3cccs3)C(=O)[C@H]3CCCO3)cc2c1. The van der Waals surface area contributed by atoms with E-state index in [4.69, 9.17) is 4.74 Å². The van der Waals surface area contributed by atoms with Gasteiger partial charge < -0.3 is 14.6 Å². The molecule has 0 spiro atoms. The van der Waals surface area contributed by atoms with Crippen LogP contribution in [0.5, 0.6) is 0 Å². The minimum absolute atomic E-state index is 0.0363. The number of carbonyl (C=O) groups excluding carboxylic acids is 1. The van der Waals surface area contributed by atoms with Crippen molar-refractivity contribution in [3.63, 3.8) is 0 Å². The fraction of sp³-hybridized carbons (Fsp3) is 0.364. The van der Waals surface area contributed by atoms with Gasteiger partial charge in [0.15, 0.2) is 0 Å². The van der Waals surface area contributed by atoms with E-state index in [1.807, 2.05) is 37.4 Å². The predicted octanol–water partition coefficient (Wildman–Crippen LogP) is 3.91. The second-order valence-electron chi connectivity index (χ2n) is 7.45. The Labute approximate surface area is 168 Å². The summed E-state index contributed by atoms with van der Waals surface area (Å²) in [5.41, 5.74) is 3.50. The van der Waals surface area contributed by atoms with Crippen LogP contribution in [0.4, 0.5) is 0 Å². The van der Waals surface area contributed by atoms with Crippen LogP contribution in [0.2, 0.25) is 0 Å². The zero-order chi connectivity index (χ0) is 19.7. The molecule has 0 radical (unpaired) electrons. The highest BCUT2D eigenvalue weighted by Gasteiger charge is 2.29. The molecule has 28 heavy (non-hydrogen) atoms. The molecule has 2 aromatic heterocycles. The van der Waals surface area contributed by atoms with Gasteiger partial charge in [0.05, 0.1) is 18.6 Å². The maximum atomic E-state index is 13.1. The molecule has 0 saturated carbocycles. The maximum Gasteiger partial charge on any atom is 0.253 e. The van der Waals surface area contributed by atoms with Crippen molar-refractivity contribution in [3.05, 3.63) is 67.6 Å². The molecule has 0 aliphatic carbocycles. The molecule has 1 aliphatic rings. The van der Waals surface area contributed by atoms with Crippen LogP contribution in [-0.2, 0) is 22.6 Å². The van der Waals surface area contributed by atoms with Crippen LogP contribution in [0.3, 0.4) is 0 Å². The van der Waals surface area contributed by atoms with E-state index in [9.17, 15) is 9.59 Å². The first kappa shape index (κ1) is 18.9. The van der Waals surface area contributed by atoms with Crippen molar-refractivity contribution in [2.24, 2.45) is 0 Å². The van der Waals surface area contributed by atoms with Crippen molar-refractivity contribution in [3.8, 4) is 0 Å². The van der Waals surface area contributed by atoms with Crippen LogP contribution in [0.1, 0.15) is 34.4 Å². The molecule has 0 unspecified atom stereocenters. The number of ether oxygens (including phenoxy) is 1. The molecule has 5 nitrogen and oxygen atoms in total. The fourth-order valence-electron chi connectivity index (χ4n) is 3.83. The van der Waals surface area contributed by atoms with E-state index < -0.39 is 6.10 Å². The van der Waals surface area contributed by atoms with Gasteiger partial charge in [-0.25, -0.2) is 0 Å². The van der Waals surface area contributed by atoms with Crippen LogP contribution in [0.15, 0.2) is 40.5 Å². The normalized spacial score (nSPS) is 16.6. The maximum absolute atomic E-state index is 13.1. The van der Waals surface area contributed by atoms with Gasteiger partial charge in [-0.3, -0.25) is 9.59 Å². The van der Waals surface area contributed by atoms with E-state index in [1.54, 1.807) is 16.2 Å². The molecule has 1 amide bonds. The standard InChI is InChI=1S/C22H24N2O3S/c1-14-9-15(2)20-16(10-14)11-17(21(25)23-20)12-24(13-18-5-4-8-28-18)22(26)19-6-3-7-27-19/h4-5,8-11,19H,3,6-7,12-13H2,1-2H3,(H,23,25)/t19-/m1/s1. The summed E-state index contributed by atoms with van der Waals surface area (Å²) in [6, 6.07) is 10.0. The summed E-state index contributed by atoms with van der Waals surface area (Å²) in [6.45, 7) is 5.42. The molecule has 1 saturated heterocycles. The third kappa shape index (κ3) is 3.88. The highest BCUT2D eigenvalue weighted by Crippen LogP contribution is 2.22. The number of amides is 1. The van der Waals surface area contributed by atoms with Crippen molar-refractivity contribution in [2.75, 3.05) is 6.61 Å². The number of rotatable bonds is 5. The Balaban J connectivity index is 1.68. The number of thiophene rings is 1. The first-order valence-electron chi connectivity index (χ1n) is 9.57. The van der Waals surface area contributed by atoms with Gasteiger partial charge in [-0.1, -0.05) is 17.7 Å². The Bertz CT molecular complexity index is 1050. The average Bonchev–Trinajstić information content (AvgIpc) is 3.35. The number of carbonyl (C=O) groups is 1. The van der Waals surface area contributed by atoms with Crippen LogP contribution in [0.25, 0.3) is 10.9 Å². The lowest BCUT2D eigenvalue weighted by molar-refractivity contribution is -0.142. The van der Waals surface area contributed by atoms with Crippen molar-refractivity contribution in [2.45, 2.75) is 45.9 Å². The van der Waals surface area contributed by atoms with E-state index >= 15 is 0 Å². The zero-order valence-corrected chi connectivity index (χ0v) is 17.0. The van der Waals surface area contributed by atoms with Gasteiger partial charge in [0, 0.05) is 17.0 Å². The molecular formula is C22H24N2O3S. The van der Waals surface area contributed by atoms with Crippen LogP contribution in [-0.4, -0.2) is 28.5 Å². The van der Waals surface area contributed by atoms with Gasteiger partial charge >= 0.3 is 0 Å². The minimum atomic E-state index is -0.399. The molecule has 1 N–H and O–H groups in total. The first-order chi connectivity index (χ1) is 13.5. The highest BCUT2D eigenvalue weighted by atomic mass is 32.1. The Hall–Kier alpha value is -2.44. The second-order valence-corrected chi connectivity index (χ2v) is 8.48. The molecular weight excluding hydrogens is 372 g/mol. The number of hydrogen-bond acceptors (Lipinski definition) is 4. The number of nitrogens with one attached hydrogen (secondary N) is 1. The lowest BCUT2D eigenvalue weighted by Crippen LogP contribution is -2.39.